The number of anilines is 2. The molecule has 0 spiro atoms. The number of carbonyl (C=O) groups is 1. The maximum atomic E-state index is 13.2. The topological polar surface area (TPSA) is 57.3 Å². The van der Waals surface area contributed by atoms with E-state index < -0.39 is 0 Å². The van der Waals surface area contributed by atoms with Crippen LogP contribution >= 0.6 is 0 Å². The first-order chi connectivity index (χ1) is 16.7. The normalized spacial score (nSPS) is 11.7. The molecule has 1 aromatic heterocycles. The summed E-state index contributed by atoms with van der Waals surface area (Å²) in [6, 6.07) is 18.1. The first-order valence-corrected chi connectivity index (χ1v) is 13.0. The highest BCUT2D eigenvalue weighted by Gasteiger charge is 2.14. The molecule has 35 heavy (non-hydrogen) atoms. The Morgan fingerprint density at radius 2 is 1.57 bits per heavy atom. The molecule has 2 aromatic carbocycles. The van der Waals surface area contributed by atoms with Crippen LogP contribution in [0.25, 0.3) is 10.9 Å². The summed E-state index contributed by atoms with van der Waals surface area (Å²) < 4.78 is 0. The van der Waals surface area contributed by atoms with E-state index in [1.165, 1.54) is 5.56 Å². The second-order valence-electron chi connectivity index (χ2n) is 10.6. The standard InChI is InChI=1S/C30H42N4O/c1-21(2)19-34(20-22(3)4)17-9-16-31-30(35)27-18-29(33-28-11-8-7-10-26(27)28)32-25-14-12-24(13-15-25)23(5)6/h7-8,10-15,18,21-23H,9,16-17,19-20H2,1-6H3,(H,31,35)(H,32,33). The summed E-state index contributed by atoms with van der Waals surface area (Å²) in [7, 11) is 0. The van der Waals surface area contributed by atoms with Gasteiger partial charge in [0.1, 0.15) is 5.82 Å². The van der Waals surface area contributed by atoms with Crippen molar-refractivity contribution in [3.8, 4) is 0 Å². The van der Waals surface area contributed by atoms with Crippen LogP contribution in [0.5, 0.6) is 0 Å². The van der Waals surface area contributed by atoms with Crippen molar-refractivity contribution in [2.45, 2.75) is 53.9 Å². The Morgan fingerprint density at radius 1 is 0.914 bits per heavy atom. The Balaban J connectivity index is 1.69. The lowest BCUT2D eigenvalue weighted by atomic mass is 10.0. The molecule has 5 nitrogen and oxygen atoms in total. The fourth-order valence-corrected chi connectivity index (χ4v) is 4.42. The molecule has 0 fully saturated rings. The lowest BCUT2D eigenvalue weighted by Crippen LogP contribution is -2.34. The van der Waals surface area contributed by atoms with Gasteiger partial charge in [0.15, 0.2) is 0 Å². The van der Waals surface area contributed by atoms with Crippen molar-refractivity contribution in [3.05, 3.63) is 65.7 Å². The van der Waals surface area contributed by atoms with Crippen LogP contribution in [0.1, 0.15) is 69.8 Å². The van der Waals surface area contributed by atoms with Gasteiger partial charge in [0.25, 0.3) is 5.91 Å². The molecule has 5 heteroatoms. The van der Waals surface area contributed by atoms with Gasteiger partial charge < -0.3 is 15.5 Å². The third-order valence-corrected chi connectivity index (χ3v) is 5.99. The van der Waals surface area contributed by atoms with Crippen LogP contribution in [-0.2, 0) is 0 Å². The Kier molecular flexibility index (Phi) is 9.67. The Hall–Kier alpha value is -2.92. The van der Waals surface area contributed by atoms with E-state index in [0.29, 0.717) is 35.7 Å². The molecule has 0 aliphatic rings. The van der Waals surface area contributed by atoms with Crippen molar-refractivity contribution in [2.24, 2.45) is 11.8 Å². The molecule has 0 saturated carbocycles. The zero-order chi connectivity index (χ0) is 25.4. The molecule has 1 amide bonds. The summed E-state index contributed by atoms with van der Waals surface area (Å²) >= 11 is 0. The van der Waals surface area contributed by atoms with Crippen LogP contribution < -0.4 is 10.6 Å². The Labute approximate surface area is 211 Å². The number of amides is 1. The van der Waals surface area contributed by atoms with Crippen LogP contribution in [-0.4, -0.2) is 42.0 Å². The molecule has 0 radical (unpaired) electrons. The first kappa shape index (κ1) is 26.7. The average Bonchev–Trinajstić information content (AvgIpc) is 2.80. The molecule has 0 atom stereocenters. The lowest BCUT2D eigenvalue weighted by Gasteiger charge is -2.26. The predicted octanol–water partition coefficient (Wildman–Crippen LogP) is 6.84. The minimum absolute atomic E-state index is 0.0546. The van der Waals surface area contributed by atoms with E-state index in [9.17, 15) is 4.79 Å². The molecule has 3 aromatic rings. The number of carbonyl (C=O) groups excluding carboxylic acids is 1. The molecule has 0 unspecified atom stereocenters. The van der Waals surface area contributed by atoms with Gasteiger partial charge in [0.2, 0.25) is 0 Å². The number of nitrogens with one attached hydrogen (secondary N) is 2. The van der Waals surface area contributed by atoms with E-state index >= 15 is 0 Å². The monoisotopic (exact) mass is 474 g/mol. The molecule has 3 rings (SSSR count). The van der Waals surface area contributed by atoms with Crippen LogP contribution in [0.15, 0.2) is 54.6 Å². The van der Waals surface area contributed by atoms with E-state index in [1.807, 2.05) is 30.3 Å². The molecule has 2 N–H and O–H groups in total. The number of benzene rings is 2. The number of nitrogens with zero attached hydrogens (tertiary/aromatic N) is 2. The van der Waals surface area contributed by atoms with Gasteiger partial charge in [-0.3, -0.25) is 4.79 Å². The fourth-order valence-electron chi connectivity index (χ4n) is 4.42. The number of para-hydroxylation sites is 1. The maximum absolute atomic E-state index is 13.2. The van der Waals surface area contributed by atoms with Crippen LogP contribution in [0.3, 0.4) is 0 Å². The molecule has 0 aliphatic carbocycles. The lowest BCUT2D eigenvalue weighted by molar-refractivity contribution is 0.0952. The second kappa shape index (κ2) is 12.7. The minimum atomic E-state index is -0.0546. The number of aromatic nitrogens is 1. The van der Waals surface area contributed by atoms with E-state index in [-0.39, 0.29) is 5.91 Å². The minimum Gasteiger partial charge on any atom is -0.352 e. The number of pyridine rings is 1. The zero-order valence-corrected chi connectivity index (χ0v) is 22.3. The van der Waals surface area contributed by atoms with Gasteiger partial charge in [-0.2, -0.15) is 0 Å². The van der Waals surface area contributed by atoms with E-state index in [4.69, 9.17) is 4.98 Å². The van der Waals surface area contributed by atoms with E-state index in [2.05, 4.69) is 81.3 Å². The molecule has 0 bridgehead atoms. The quantitative estimate of drug-likeness (QED) is 0.282. The first-order valence-electron chi connectivity index (χ1n) is 13.0. The van der Waals surface area contributed by atoms with Crippen LogP contribution in [0.4, 0.5) is 11.5 Å². The fraction of sp³-hybridized carbons (Fsp3) is 0.467. The third kappa shape index (κ3) is 8.07. The third-order valence-electron chi connectivity index (χ3n) is 5.99. The average molecular weight is 475 g/mol. The van der Waals surface area contributed by atoms with Gasteiger partial charge in [-0.15, -0.1) is 0 Å². The summed E-state index contributed by atoms with van der Waals surface area (Å²) in [5.74, 6) is 2.38. The van der Waals surface area contributed by atoms with Crippen LogP contribution in [0, 0.1) is 11.8 Å². The molecule has 0 aliphatic heterocycles. The van der Waals surface area contributed by atoms with Crippen molar-refractivity contribution >= 4 is 28.3 Å². The molecule has 0 saturated heterocycles. The van der Waals surface area contributed by atoms with E-state index in [0.717, 1.165) is 42.6 Å². The SMILES string of the molecule is CC(C)CN(CCCNC(=O)c1cc(Nc2ccc(C(C)C)cc2)nc2ccccc12)CC(C)C. The zero-order valence-electron chi connectivity index (χ0n) is 22.3. The van der Waals surface area contributed by atoms with E-state index in [1.54, 1.807) is 0 Å². The maximum Gasteiger partial charge on any atom is 0.252 e. The van der Waals surface area contributed by atoms with Crippen molar-refractivity contribution < 1.29 is 4.79 Å². The van der Waals surface area contributed by atoms with Crippen molar-refractivity contribution in [1.29, 1.82) is 0 Å². The number of hydrogen-bond acceptors (Lipinski definition) is 4. The van der Waals surface area contributed by atoms with Gasteiger partial charge in [0.05, 0.1) is 11.1 Å². The summed E-state index contributed by atoms with van der Waals surface area (Å²) in [5.41, 5.74) is 3.71. The number of fused-ring (bicyclic) bond motifs is 1. The Morgan fingerprint density at radius 3 is 2.20 bits per heavy atom. The van der Waals surface area contributed by atoms with Crippen molar-refractivity contribution in [2.75, 3.05) is 31.5 Å². The smallest absolute Gasteiger partial charge is 0.252 e. The van der Waals surface area contributed by atoms with Gasteiger partial charge in [-0.1, -0.05) is 71.9 Å². The predicted molar refractivity (Wildman–Crippen MR) is 149 cm³/mol. The highest BCUT2D eigenvalue weighted by atomic mass is 16.1. The molecular weight excluding hydrogens is 432 g/mol. The van der Waals surface area contributed by atoms with Crippen molar-refractivity contribution in [1.82, 2.24) is 15.2 Å². The summed E-state index contributed by atoms with van der Waals surface area (Å²) in [6.07, 6.45) is 0.932. The largest absolute Gasteiger partial charge is 0.352 e. The van der Waals surface area contributed by atoms with Gasteiger partial charge in [-0.05, 0) is 60.5 Å². The highest BCUT2D eigenvalue weighted by Crippen LogP contribution is 2.24. The van der Waals surface area contributed by atoms with Gasteiger partial charge >= 0.3 is 0 Å². The summed E-state index contributed by atoms with van der Waals surface area (Å²) in [4.78, 5) is 20.5. The molecule has 188 valence electrons. The summed E-state index contributed by atoms with van der Waals surface area (Å²) in [6.45, 7) is 17.2. The summed E-state index contributed by atoms with van der Waals surface area (Å²) in [5, 5.41) is 7.39. The second-order valence-corrected chi connectivity index (χ2v) is 10.6. The highest BCUT2D eigenvalue weighted by molar-refractivity contribution is 6.07. The Bertz CT molecular complexity index is 1080. The van der Waals surface area contributed by atoms with Crippen LogP contribution in [0.2, 0.25) is 0 Å². The molecule has 1 heterocycles. The van der Waals surface area contributed by atoms with Gasteiger partial charge in [-0.25, -0.2) is 4.98 Å². The number of rotatable bonds is 12. The van der Waals surface area contributed by atoms with Gasteiger partial charge in [0, 0.05) is 30.7 Å². The van der Waals surface area contributed by atoms with Crippen molar-refractivity contribution in [3.63, 3.8) is 0 Å². The molecular formula is C30H42N4O. The number of hydrogen-bond donors (Lipinski definition) is 2.